The van der Waals surface area contributed by atoms with Gasteiger partial charge >= 0.3 is 12.2 Å². The van der Waals surface area contributed by atoms with E-state index in [4.69, 9.17) is 0 Å². The van der Waals surface area contributed by atoms with Gasteiger partial charge in [0, 0.05) is 13.6 Å². The molecule has 0 fully saturated rings. The Bertz CT molecular complexity index is 378. The van der Waals surface area contributed by atoms with Gasteiger partial charge in [-0.15, -0.1) is 0 Å². The van der Waals surface area contributed by atoms with E-state index in [-0.39, 0.29) is 30.5 Å². The Hall–Kier alpha value is -0.800. The van der Waals surface area contributed by atoms with Gasteiger partial charge in [0.25, 0.3) is 6.33 Å². The zero-order chi connectivity index (χ0) is 12.3. The number of rotatable bonds is 2. The Morgan fingerprint density at radius 3 is 2.47 bits per heavy atom. The molecule has 0 spiro atoms. The number of hydrogen-bond donors (Lipinski definition) is 0. The van der Waals surface area contributed by atoms with Crippen LogP contribution in [-0.2, 0) is 7.05 Å². The number of hydrogen-bond acceptors (Lipinski definition) is 1. The first-order valence-corrected chi connectivity index (χ1v) is 4.65. The lowest BCUT2D eigenvalue weighted by Gasteiger charge is -2.14. The van der Waals surface area contributed by atoms with Crippen molar-refractivity contribution in [1.82, 2.24) is 9.47 Å². The molecular weight excluding hydrogens is 350 g/mol. The number of nitrogens with zero attached hydrogens (tertiary/aromatic N) is 3. The van der Waals surface area contributed by atoms with Gasteiger partial charge in [-0.3, -0.25) is 0 Å². The second-order valence-corrected chi connectivity index (χ2v) is 3.56. The smallest absolute Gasteiger partial charge is 0.415 e. The molecule has 4 nitrogen and oxygen atoms in total. The molecule has 1 heterocycles. The van der Waals surface area contributed by atoms with Gasteiger partial charge in [0.15, 0.2) is 0 Å². The first-order chi connectivity index (χ1) is 7.29. The summed E-state index contributed by atoms with van der Waals surface area (Å²) in [5.74, 6) is 0. The topological polar surface area (TPSA) is 29.1 Å². The average molecular weight is 363 g/mol. The number of aromatic nitrogens is 2. The summed E-state index contributed by atoms with van der Waals surface area (Å²) in [4.78, 5) is 12.6. The van der Waals surface area contributed by atoms with Crippen molar-refractivity contribution in [2.75, 3.05) is 13.6 Å². The number of imidazole rings is 1. The Kier molecular flexibility index (Phi) is 5.93. The van der Waals surface area contributed by atoms with Gasteiger partial charge in [0.05, 0.1) is 13.5 Å². The van der Waals surface area contributed by atoms with Crippen LogP contribution in [0.15, 0.2) is 18.7 Å². The quantitative estimate of drug-likeness (QED) is 0.449. The molecule has 1 rings (SSSR count). The standard InChI is InChI=1S/C9H13F3N3O.HI/c1-13-5-6-15(7-13)8(16)14(2)4-3-9(10,11)12;/h5-7H,3-4H2,1-2H3;1H/q+1;/p-1. The van der Waals surface area contributed by atoms with Crippen LogP contribution in [-0.4, -0.2) is 35.3 Å². The lowest BCUT2D eigenvalue weighted by molar-refractivity contribution is -0.670. The zero-order valence-corrected chi connectivity index (χ0v) is 11.6. The van der Waals surface area contributed by atoms with Crippen LogP contribution < -0.4 is 28.5 Å². The minimum Gasteiger partial charge on any atom is -1.00 e. The summed E-state index contributed by atoms with van der Waals surface area (Å²) >= 11 is 0. The van der Waals surface area contributed by atoms with Gasteiger partial charge in [0.1, 0.15) is 12.4 Å². The molecule has 0 N–H and O–H groups in total. The van der Waals surface area contributed by atoms with Crippen LogP contribution in [0, 0.1) is 0 Å². The highest BCUT2D eigenvalue weighted by Gasteiger charge is 2.29. The molecular formula is C9H13F3IN3O. The number of aryl methyl sites for hydroxylation is 1. The lowest BCUT2D eigenvalue weighted by Crippen LogP contribution is -3.00. The molecule has 0 atom stereocenters. The van der Waals surface area contributed by atoms with E-state index < -0.39 is 18.6 Å². The van der Waals surface area contributed by atoms with Gasteiger partial charge in [-0.2, -0.15) is 17.7 Å². The third kappa shape index (κ3) is 5.37. The highest BCUT2D eigenvalue weighted by molar-refractivity contribution is 5.76. The van der Waals surface area contributed by atoms with Crippen molar-refractivity contribution in [2.24, 2.45) is 7.05 Å². The molecule has 1 aromatic heterocycles. The third-order valence-corrected chi connectivity index (χ3v) is 2.05. The van der Waals surface area contributed by atoms with Crippen molar-refractivity contribution in [3.8, 4) is 0 Å². The summed E-state index contributed by atoms with van der Waals surface area (Å²) in [6, 6.07) is -0.482. The van der Waals surface area contributed by atoms with Crippen molar-refractivity contribution < 1.29 is 46.5 Å². The Labute approximate surface area is 114 Å². The van der Waals surface area contributed by atoms with Gasteiger partial charge in [-0.1, -0.05) is 0 Å². The third-order valence-electron chi connectivity index (χ3n) is 2.05. The van der Waals surface area contributed by atoms with Gasteiger partial charge < -0.3 is 28.9 Å². The first kappa shape index (κ1) is 16.2. The zero-order valence-electron chi connectivity index (χ0n) is 9.41. The molecule has 0 bridgehead atoms. The predicted octanol–water partition coefficient (Wildman–Crippen LogP) is -1.83. The molecule has 1 aromatic rings. The van der Waals surface area contributed by atoms with Crippen molar-refractivity contribution in [1.29, 1.82) is 0 Å². The van der Waals surface area contributed by atoms with Crippen LogP contribution in [0.3, 0.4) is 0 Å². The fourth-order valence-electron chi connectivity index (χ4n) is 1.15. The van der Waals surface area contributed by atoms with Crippen LogP contribution in [0.4, 0.5) is 18.0 Å². The van der Waals surface area contributed by atoms with E-state index in [1.807, 2.05) is 0 Å². The molecule has 17 heavy (non-hydrogen) atoms. The first-order valence-electron chi connectivity index (χ1n) is 4.65. The van der Waals surface area contributed by atoms with Crippen molar-refractivity contribution in [2.45, 2.75) is 12.6 Å². The number of alkyl halides is 3. The SMILES string of the molecule is CN(CCC(F)(F)F)C(=O)n1cc[n+](C)c1.[I-]. The number of amides is 1. The van der Waals surface area contributed by atoms with Crippen LogP contribution in [0.2, 0.25) is 0 Å². The van der Waals surface area contributed by atoms with Gasteiger partial charge in [0.2, 0.25) is 0 Å². The van der Waals surface area contributed by atoms with E-state index in [9.17, 15) is 18.0 Å². The van der Waals surface area contributed by atoms with Crippen molar-refractivity contribution in [3.63, 3.8) is 0 Å². The summed E-state index contributed by atoms with van der Waals surface area (Å²) in [6.07, 6.45) is -0.618. The van der Waals surface area contributed by atoms with E-state index in [1.54, 1.807) is 17.8 Å². The maximum absolute atomic E-state index is 11.9. The highest BCUT2D eigenvalue weighted by atomic mass is 127. The monoisotopic (exact) mass is 363 g/mol. The minimum absolute atomic E-state index is 0. The van der Waals surface area contributed by atoms with Crippen molar-refractivity contribution >= 4 is 6.03 Å². The molecule has 0 aliphatic carbocycles. The normalized spacial score (nSPS) is 10.9. The van der Waals surface area contributed by atoms with E-state index >= 15 is 0 Å². The van der Waals surface area contributed by atoms with Crippen molar-refractivity contribution in [3.05, 3.63) is 18.7 Å². The second-order valence-electron chi connectivity index (χ2n) is 3.56. The minimum atomic E-state index is -4.24. The van der Waals surface area contributed by atoms with E-state index in [0.717, 1.165) is 4.90 Å². The number of carbonyl (C=O) groups excluding carboxylic acids is 1. The Morgan fingerprint density at radius 1 is 1.47 bits per heavy atom. The van der Waals surface area contributed by atoms with Crippen LogP contribution >= 0.6 is 0 Å². The highest BCUT2D eigenvalue weighted by Crippen LogP contribution is 2.19. The lowest BCUT2D eigenvalue weighted by atomic mass is 10.4. The van der Waals surface area contributed by atoms with E-state index in [0.29, 0.717) is 0 Å². The van der Waals surface area contributed by atoms with Crippen LogP contribution in [0.1, 0.15) is 6.42 Å². The summed E-state index contributed by atoms with van der Waals surface area (Å²) in [6.45, 7) is -0.343. The molecule has 0 aromatic carbocycles. The summed E-state index contributed by atoms with van der Waals surface area (Å²) in [5, 5.41) is 0. The summed E-state index contributed by atoms with van der Waals surface area (Å²) < 4.78 is 38.7. The fraction of sp³-hybridized carbons (Fsp3) is 0.556. The summed E-state index contributed by atoms with van der Waals surface area (Å²) in [5.41, 5.74) is 0. The molecule has 8 heteroatoms. The predicted molar refractivity (Wildman–Crippen MR) is 49.7 cm³/mol. The molecule has 1 amide bonds. The Balaban J connectivity index is 0.00000256. The van der Waals surface area contributed by atoms with E-state index in [2.05, 4.69) is 0 Å². The molecule has 0 radical (unpaired) electrons. The maximum atomic E-state index is 11.9. The molecule has 98 valence electrons. The van der Waals surface area contributed by atoms with Crippen LogP contribution in [0.5, 0.6) is 0 Å². The number of halogens is 4. The molecule has 0 aliphatic rings. The average Bonchev–Trinajstić information content (AvgIpc) is 2.59. The van der Waals surface area contributed by atoms with Crippen LogP contribution in [0.25, 0.3) is 0 Å². The molecule has 0 saturated heterocycles. The van der Waals surface area contributed by atoms with Gasteiger partial charge in [-0.05, 0) is 0 Å². The summed E-state index contributed by atoms with van der Waals surface area (Å²) in [7, 11) is 3.06. The Morgan fingerprint density at radius 2 is 2.06 bits per heavy atom. The maximum Gasteiger partial charge on any atom is 0.415 e. The van der Waals surface area contributed by atoms with E-state index in [1.165, 1.54) is 24.1 Å². The fourth-order valence-corrected chi connectivity index (χ4v) is 1.15. The van der Waals surface area contributed by atoms with Gasteiger partial charge in [-0.25, -0.2) is 9.36 Å². The second kappa shape index (κ2) is 6.22. The molecule has 0 unspecified atom stereocenters. The molecule has 0 aliphatic heterocycles. The number of carbonyl (C=O) groups is 1. The molecule has 0 saturated carbocycles. The largest absolute Gasteiger partial charge is 1.00 e.